The summed E-state index contributed by atoms with van der Waals surface area (Å²) >= 11 is 0. The van der Waals surface area contributed by atoms with Gasteiger partial charge in [0.05, 0.1) is 26.3 Å². The molecule has 0 bridgehead atoms. The number of ether oxygens (including phenoxy) is 4. The van der Waals surface area contributed by atoms with E-state index in [9.17, 15) is 13.6 Å². The molecule has 62 heavy (non-hydrogen) atoms. The molecule has 4 N–H and O–H groups in total. The van der Waals surface area contributed by atoms with Crippen LogP contribution in [0.2, 0.25) is 0 Å². The number of benzene rings is 2. The molecular formula is C47H60F2N8O5. The fourth-order valence-corrected chi connectivity index (χ4v) is 8.33. The number of hydrogen-bond acceptors (Lipinski definition) is 13. The quantitative estimate of drug-likeness (QED) is 0.109. The summed E-state index contributed by atoms with van der Waals surface area (Å²) in [6.45, 7) is 7.53. The highest BCUT2D eigenvalue weighted by Gasteiger charge is 2.32. The third-order valence-corrected chi connectivity index (χ3v) is 12.6. The maximum Gasteiger partial charge on any atom is 0.255 e. The van der Waals surface area contributed by atoms with E-state index in [1.54, 1.807) is 0 Å². The first-order chi connectivity index (χ1) is 30.1. The second kappa shape index (κ2) is 19.9. The van der Waals surface area contributed by atoms with Gasteiger partial charge in [0.1, 0.15) is 42.1 Å². The highest BCUT2D eigenvalue weighted by Crippen LogP contribution is 2.35. The van der Waals surface area contributed by atoms with Crippen LogP contribution in [-0.2, 0) is 4.79 Å². The summed E-state index contributed by atoms with van der Waals surface area (Å²) in [4.78, 5) is 32.6. The Morgan fingerprint density at radius 2 is 1.18 bits per heavy atom. The number of Topliss-reactive ketones (excluding diaryl/α,β-unsaturated/α-hetero) is 1. The molecule has 1 unspecified atom stereocenters. The number of carbonyl (C=O) groups is 1. The van der Waals surface area contributed by atoms with Gasteiger partial charge in [-0.2, -0.15) is 18.7 Å². The molecule has 5 fully saturated rings. The van der Waals surface area contributed by atoms with Crippen LogP contribution in [0.3, 0.4) is 0 Å². The molecule has 4 aromatic rings. The number of nitrogens with zero attached hydrogens (tertiary/aromatic N) is 6. The van der Waals surface area contributed by atoms with E-state index in [1.807, 2.05) is 65.3 Å². The van der Waals surface area contributed by atoms with Gasteiger partial charge in [0.2, 0.25) is 11.6 Å². The van der Waals surface area contributed by atoms with Crippen molar-refractivity contribution in [3.05, 3.63) is 83.9 Å². The molecular weight excluding hydrogens is 795 g/mol. The van der Waals surface area contributed by atoms with Crippen molar-refractivity contribution in [1.29, 1.82) is 0 Å². The monoisotopic (exact) mass is 854 g/mol. The van der Waals surface area contributed by atoms with Crippen molar-refractivity contribution in [2.24, 2.45) is 29.2 Å². The SMILES string of the molecule is C[C@H](CC(=O)C1CC[C@@H](N)C1)c1ccc(O[C@@H]2CCN(c3ncnc(OCC4CC4)c3F)C2)cc1.C[C@H](N)c1ccc(O[C@@H]2CCN(c3ncnc(OCC4CC4)c3F)C2)cc1. The predicted octanol–water partition coefficient (Wildman–Crippen LogP) is 7.33. The number of hydrogen-bond donors (Lipinski definition) is 2. The Kier molecular flexibility index (Phi) is 14.0. The Morgan fingerprint density at radius 3 is 1.61 bits per heavy atom. The summed E-state index contributed by atoms with van der Waals surface area (Å²) in [5.74, 6) is 2.90. The van der Waals surface area contributed by atoms with Gasteiger partial charge in [-0.15, -0.1) is 0 Å². The van der Waals surface area contributed by atoms with Crippen molar-refractivity contribution >= 4 is 17.4 Å². The van der Waals surface area contributed by atoms with E-state index >= 15 is 0 Å². The van der Waals surface area contributed by atoms with E-state index in [1.165, 1.54) is 12.7 Å². The summed E-state index contributed by atoms with van der Waals surface area (Å²) in [6.07, 6.45) is 12.0. The maximum atomic E-state index is 14.9. The predicted molar refractivity (Wildman–Crippen MR) is 232 cm³/mol. The molecule has 15 heteroatoms. The highest BCUT2D eigenvalue weighted by atomic mass is 19.1. The average Bonchev–Trinajstić information content (AvgIpc) is 4.14. The average molecular weight is 855 g/mol. The third-order valence-electron chi connectivity index (χ3n) is 12.6. The van der Waals surface area contributed by atoms with Crippen molar-refractivity contribution in [3.8, 4) is 23.3 Å². The molecule has 5 aliphatic rings. The largest absolute Gasteiger partial charge is 0.489 e. The lowest BCUT2D eigenvalue weighted by atomic mass is 9.90. The minimum absolute atomic E-state index is 0.00177. The van der Waals surface area contributed by atoms with Crippen LogP contribution >= 0.6 is 0 Å². The number of carbonyl (C=O) groups excluding carboxylic acids is 1. The fraction of sp³-hybridized carbons (Fsp3) is 0.553. The van der Waals surface area contributed by atoms with Crippen molar-refractivity contribution < 1.29 is 32.5 Å². The Hall–Kier alpha value is -5.15. The topological polar surface area (TPSA) is 164 Å². The zero-order valence-electron chi connectivity index (χ0n) is 35.8. The highest BCUT2D eigenvalue weighted by molar-refractivity contribution is 5.82. The van der Waals surface area contributed by atoms with Gasteiger partial charge in [-0.25, -0.2) is 9.97 Å². The van der Waals surface area contributed by atoms with E-state index in [-0.39, 0.29) is 59.5 Å². The lowest BCUT2D eigenvalue weighted by molar-refractivity contribution is -0.123. The van der Waals surface area contributed by atoms with Crippen LogP contribution in [0.1, 0.15) is 101 Å². The minimum Gasteiger partial charge on any atom is -0.489 e. The van der Waals surface area contributed by atoms with Crippen molar-refractivity contribution in [1.82, 2.24) is 19.9 Å². The van der Waals surface area contributed by atoms with Crippen LogP contribution in [0.5, 0.6) is 23.3 Å². The Bertz CT molecular complexity index is 2110. The smallest absolute Gasteiger partial charge is 0.255 e. The molecule has 0 radical (unpaired) electrons. The lowest BCUT2D eigenvalue weighted by Gasteiger charge is -2.19. The first-order valence-electron chi connectivity index (χ1n) is 22.4. The number of aromatic nitrogens is 4. The van der Waals surface area contributed by atoms with Gasteiger partial charge in [-0.3, -0.25) is 4.79 Å². The number of ketones is 1. The second-order valence-electron chi connectivity index (χ2n) is 17.9. The molecule has 0 spiro atoms. The molecule has 3 aliphatic carbocycles. The van der Waals surface area contributed by atoms with Gasteiger partial charge in [0.25, 0.3) is 11.8 Å². The molecule has 332 valence electrons. The zero-order chi connectivity index (χ0) is 43.2. The summed E-state index contributed by atoms with van der Waals surface area (Å²) < 4.78 is 52.9. The number of nitrogens with two attached hydrogens (primary N) is 2. The number of rotatable bonds is 17. The molecule has 4 heterocycles. The van der Waals surface area contributed by atoms with Crippen molar-refractivity contribution in [2.45, 2.75) is 108 Å². The fourth-order valence-electron chi connectivity index (χ4n) is 8.33. The van der Waals surface area contributed by atoms with Gasteiger partial charge >= 0.3 is 0 Å². The lowest BCUT2D eigenvalue weighted by Crippen LogP contribution is -2.26. The number of anilines is 2. The molecule has 0 amide bonds. The van der Waals surface area contributed by atoms with E-state index in [0.29, 0.717) is 63.4 Å². The van der Waals surface area contributed by atoms with Gasteiger partial charge < -0.3 is 40.2 Å². The first kappa shape index (κ1) is 43.5. The van der Waals surface area contributed by atoms with Gasteiger partial charge in [0.15, 0.2) is 11.6 Å². The first-order valence-corrected chi connectivity index (χ1v) is 22.4. The summed E-state index contributed by atoms with van der Waals surface area (Å²) in [7, 11) is 0. The van der Waals surface area contributed by atoms with Crippen LogP contribution in [0.4, 0.5) is 20.4 Å². The Labute approximate surface area is 362 Å². The third kappa shape index (κ3) is 11.5. The normalized spacial score (nSPS) is 23.1. The molecule has 13 nitrogen and oxygen atoms in total. The van der Waals surface area contributed by atoms with Crippen LogP contribution in [0, 0.1) is 29.4 Å². The van der Waals surface area contributed by atoms with E-state index < -0.39 is 11.6 Å². The second-order valence-corrected chi connectivity index (χ2v) is 17.9. The molecule has 2 aromatic carbocycles. The molecule has 6 atom stereocenters. The van der Waals surface area contributed by atoms with Gasteiger partial charge in [-0.05, 0) is 105 Å². The van der Waals surface area contributed by atoms with Crippen molar-refractivity contribution in [2.75, 3.05) is 49.2 Å². The summed E-state index contributed by atoms with van der Waals surface area (Å²) in [5.41, 5.74) is 14.0. The van der Waals surface area contributed by atoms with Gasteiger partial charge in [0, 0.05) is 50.4 Å². The Morgan fingerprint density at radius 1 is 0.694 bits per heavy atom. The van der Waals surface area contributed by atoms with E-state index in [0.717, 1.165) is 80.4 Å². The van der Waals surface area contributed by atoms with E-state index in [2.05, 4.69) is 26.9 Å². The standard InChI is InChI=1S/C27H35FN4O3.C20H25FN4O2/c1-17(12-24(33)20-4-7-21(29)13-20)19-5-8-22(9-6-19)35-23-10-11-32(14-23)26-25(28)27(31-16-30-26)34-15-18-2-3-18;1-13(22)15-4-6-16(7-5-15)27-17-8-9-25(10-17)19-18(21)20(24-12-23-19)26-11-14-2-3-14/h5-6,8-9,16-18,20-21,23H,2-4,7,10-15,29H2,1H3;4-7,12-14,17H,2-3,8-11,22H2,1H3/t17-,20?,21-,23-;13-,17+/m10/s1. The van der Waals surface area contributed by atoms with Crippen molar-refractivity contribution in [3.63, 3.8) is 0 Å². The van der Waals surface area contributed by atoms with E-state index in [4.69, 9.17) is 30.4 Å². The van der Waals surface area contributed by atoms with Crippen LogP contribution in [-0.4, -0.2) is 83.4 Å². The minimum atomic E-state index is -0.499. The molecule has 2 saturated heterocycles. The molecule has 9 rings (SSSR count). The zero-order valence-corrected chi connectivity index (χ0v) is 35.8. The molecule has 3 saturated carbocycles. The molecule has 2 aliphatic heterocycles. The summed E-state index contributed by atoms with van der Waals surface area (Å²) in [5, 5.41) is 0. The summed E-state index contributed by atoms with van der Waals surface area (Å²) in [6, 6.07) is 16.0. The number of halogens is 2. The van der Waals surface area contributed by atoms with Crippen LogP contribution in [0.25, 0.3) is 0 Å². The maximum absolute atomic E-state index is 14.9. The van der Waals surface area contributed by atoms with Crippen LogP contribution < -0.4 is 40.2 Å². The Balaban J connectivity index is 0.000000176. The van der Waals surface area contributed by atoms with Crippen LogP contribution in [0.15, 0.2) is 61.2 Å². The molecule has 2 aromatic heterocycles. The van der Waals surface area contributed by atoms with Gasteiger partial charge in [-0.1, -0.05) is 31.2 Å².